The van der Waals surface area contributed by atoms with Crippen molar-refractivity contribution in [2.24, 2.45) is 0 Å². The Balaban J connectivity index is 1.61. The van der Waals surface area contributed by atoms with Crippen molar-refractivity contribution in [1.29, 1.82) is 0 Å². The number of carbonyl (C=O) groups excluding carboxylic acids is 1. The summed E-state index contributed by atoms with van der Waals surface area (Å²) >= 11 is 0. The van der Waals surface area contributed by atoms with E-state index in [0.29, 0.717) is 22.7 Å². The lowest BCUT2D eigenvalue weighted by Gasteiger charge is -2.10. The molecule has 0 radical (unpaired) electrons. The van der Waals surface area contributed by atoms with Gasteiger partial charge in [0.2, 0.25) is 0 Å². The van der Waals surface area contributed by atoms with E-state index in [2.05, 4.69) is 36.9 Å². The number of hydrogen-bond acceptors (Lipinski definition) is 5. The van der Waals surface area contributed by atoms with E-state index in [1.165, 1.54) is 0 Å². The van der Waals surface area contributed by atoms with Gasteiger partial charge in [-0.05, 0) is 49.7 Å². The second-order valence-electron chi connectivity index (χ2n) is 7.37. The number of aromatic nitrogens is 4. The van der Waals surface area contributed by atoms with E-state index in [4.69, 9.17) is 0 Å². The maximum Gasteiger partial charge on any atom is 0.433 e. The lowest BCUT2D eigenvalue weighted by atomic mass is 10.0. The van der Waals surface area contributed by atoms with Crippen LogP contribution < -0.4 is 15.9 Å². The van der Waals surface area contributed by atoms with E-state index >= 15 is 0 Å². The molecule has 0 aromatic carbocycles. The molecule has 1 aliphatic rings. The van der Waals surface area contributed by atoms with Crippen molar-refractivity contribution >= 4 is 29.0 Å². The standard InChI is InChI=1S/C22H17F3N6O/c1-31(2)12-13-7-15(10-26-9-13)14-3-5-18-17(8-14)20(30-29-18)21(32)28-16-4-6-19(27-11-16)22(23,24)25/h4,6-11H,12H2,1-2H3,(H,28,32)(H,29,30). The molecule has 0 unspecified atom stereocenters. The highest BCUT2D eigenvalue weighted by atomic mass is 19.4. The number of alkyl halides is 3. The minimum atomic E-state index is -4.55. The quantitative estimate of drug-likeness (QED) is 0.595. The van der Waals surface area contributed by atoms with Crippen LogP contribution in [0.15, 0.2) is 42.5 Å². The number of fused-ring (bicyclic) bond motifs is 1. The number of nitrogens with zero attached hydrogens (tertiary/aromatic N) is 4. The molecule has 0 bridgehead atoms. The molecule has 0 fully saturated rings. The van der Waals surface area contributed by atoms with Gasteiger partial charge in [0, 0.05) is 35.3 Å². The molecule has 3 aromatic heterocycles. The highest BCUT2D eigenvalue weighted by Crippen LogP contribution is 2.27. The fourth-order valence-electron chi connectivity index (χ4n) is 3.14. The number of amides is 1. The Morgan fingerprint density at radius 2 is 2.00 bits per heavy atom. The summed E-state index contributed by atoms with van der Waals surface area (Å²) in [4.78, 5) is 22.3. The molecule has 3 aromatic rings. The highest BCUT2D eigenvalue weighted by Gasteiger charge is 2.32. The van der Waals surface area contributed by atoms with Crippen molar-refractivity contribution in [1.82, 2.24) is 25.1 Å². The summed E-state index contributed by atoms with van der Waals surface area (Å²) in [6.07, 6.45) is 1.61. The van der Waals surface area contributed by atoms with Crippen LogP contribution in [0.4, 0.5) is 18.9 Å². The average molecular weight is 438 g/mol. The summed E-state index contributed by atoms with van der Waals surface area (Å²) in [7, 11) is 3.92. The fourth-order valence-corrected chi connectivity index (χ4v) is 3.14. The molecule has 3 heterocycles. The molecule has 10 heteroatoms. The van der Waals surface area contributed by atoms with Gasteiger partial charge in [-0.25, -0.2) is 4.98 Å². The fraction of sp³-hybridized carbons (Fsp3) is 0.182. The van der Waals surface area contributed by atoms with E-state index in [1.54, 1.807) is 18.5 Å². The van der Waals surface area contributed by atoms with Gasteiger partial charge in [-0.2, -0.15) is 18.3 Å². The van der Waals surface area contributed by atoms with Crippen molar-refractivity contribution in [2.75, 3.05) is 19.4 Å². The van der Waals surface area contributed by atoms with E-state index in [-0.39, 0.29) is 11.4 Å². The van der Waals surface area contributed by atoms with Crippen LogP contribution in [0.1, 0.15) is 27.3 Å². The number of rotatable bonds is 5. The Bertz CT molecular complexity index is 1380. The zero-order chi connectivity index (χ0) is 22.9. The maximum atomic E-state index is 12.7. The maximum absolute atomic E-state index is 12.7. The van der Waals surface area contributed by atoms with E-state index in [9.17, 15) is 18.0 Å². The molecule has 0 saturated heterocycles. The van der Waals surface area contributed by atoms with Crippen LogP contribution in [-0.2, 0) is 12.7 Å². The summed E-state index contributed by atoms with van der Waals surface area (Å²) in [6, 6.07) is 3.91. The van der Waals surface area contributed by atoms with Gasteiger partial charge >= 0.3 is 6.18 Å². The number of hydrogen-bond donors (Lipinski definition) is 2. The second kappa shape index (κ2) is 8.28. The highest BCUT2D eigenvalue weighted by molar-refractivity contribution is 6.04. The Morgan fingerprint density at radius 1 is 1.19 bits per heavy atom. The smallest absolute Gasteiger partial charge is 0.319 e. The molecule has 7 nitrogen and oxygen atoms in total. The van der Waals surface area contributed by atoms with Gasteiger partial charge < -0.3 is 10.2 Å². The van der Waals surface area contributed by atoms with E-state index in [1.807, 2.05) is 25.1 Å². The second-order valence-corrected chi connectivity index (χ2v) is 7.37. The van der Waals surface area contributed by atoms with Crippen molar-refractivity contribution in [3.05, 3.63) is 75.6 Å². The topological polar surface area (TPSA) is 86.8 Å². The van der Waals surface area contributed by atoms with Crippen LogP contribution in [0.5, 0.6) is 0 Å². The van der Waals surface area contributed by atoms with Crippen LogP contribution in [0.2, 0.25) is 0 Å². The van der Waals surface area contributed by atoms with Crippen LogP contribution in [-0.4, -0.2) is 45.1 Å². The van der Waals surface area contributed by atoms with Crippen molar-refractivity contribution in [2.45, 2.75) is 12.7 Å². The first-order valence-electron chi connectivity index (χ1n) is 9.46. The lowest BCUT2D eigenvalue weighted by molar-refractivity contribution is -0.141. The summed E-state index contributed by atoms with van der Waals surface area (Å²) in [5, 5.41) is 10.2. The molecular weight excluding hydrogens is 421 g/mol. The predicted octanol–water partition coefficient (Wildman–Crippen LogP) is 1.94. The monoisotopic (exact) mass is 438 g/mol. The van der Waals surface area contributed by atoms with Gasteiger partial charge in [0.25, 0.3) is 5.91 Å². The molecule has 0 atom stereocenters. The molecular formula is C22H17F3N6O. The summed E-state index contributed by atoms with van der Waals surface area (Å²) < 4.78 is 38.0. The largest absolute Gasteiger partial charge is 0.433 e. The SMILES string of the molecule is CN(C)Cc1cncc(C2=C=C=c3[nH]nc(C(=O)Nc4ccc(C(F)(F)F)nc4)c3=C2)c1. The number of anilines is 1. The third-order valence-electron chi connectivity index (χ3n) is 4.55. The molecule has 2 N–H and O–H groups in total. The van der Waals surface area contributed by atoms with Gasteiger partial charge in [0.15, 0.2) is 5.69 Å². The molecule has 1 amide bonds. The van der Waals surface area contributed by atoms with E-state index < -0.39 is 17.8 Å². The van der Waals surface area contributed by atoms with Crippen molar-refractivity contribution in [3.8, 4) is 0 Å². The Labute approximate surface area is 180 Å². The Kier molecular flexibility index (Phi) is 5.50. The normalized spacial score (nSPS) is 12.6. The zero-order valence-electron chi connectivity index (χ0n) is 17.1. The van der Waals surface area contributed by atoms with Crippen LogP contribution in [0.25, 0.3) is 17.4 Å². The Hall–Kier alpha value is -3.97. The molecule has 162 valence electrons. The predicted molar refractivity (Wildman–Crippen MR) is 111 cm³/mol. The third kappa shape index (κ3) is 4.53. The summed E-state index contributed by atoms with van der Waals surface area (Å²) in [5.41, 5.74) is 7.62. The number of H-pyrrole nitrogens is 1. The van der Waals surface area contributed by atoms with Gasteiger partial charge in [-0.1, -0.05) is 5.73 Å². The Morgan fingerprint density at radius 3 is 2.69 bits per heavy atom. The molecule has 0 saturated carbocycles. The van der Waals surface area contributed by atoms with Gasteiger partial charge in [0.1, 0.15) is 11.0 Å². The van der Waals surface area contributed by atoms with Crippen LogP contribution in [0.3, 0.4) is 0 Å². The van der Waals surface area contributed by atoms with Gasteiger partial charge in [-0.3, -0.25) is 14.9 Å². The summed E-state index contributed by atoms with van der Waals surface area (Å²) in [5.74, 6) is -0.595. The molecule has 32 heavy (non-hydrogen) atoms. The number of nitrogens with one attached hydrogen (secondary N) is 2. The number of allylic oxidation sites excluding steroid dienone is 1. The minimum Gasteiger partial charge on any atom is -0.319 e. The van der Waals surface area contributed by atoms with Gasteiger partial charge in [-0.15, -0.1) is 0 Å². The van der Waals surface area contributed by atoms with Crippen LogP contribution >= 0.6 is 0 Å². The number of pyridine rings is 2. The minimum absolute atomic E-state index is 0.0730. The number of carbonyl (C=O) groups is 1. The third-order valence-corrected chi connectivity index (χ3v) is 4.55. The van der Waals surface area contributed by atoms with Crippen molar-refractivity contribution < 1.29 is 18.0 Å². The van der Waals surface area contributed by atoms with Crippen LogP contribution in [0, 0.1) is 0 Å². The lowest BCUT2D eigenvalue weighted by Crippen LogP contribution is -2.29. The molecule has 0 spiro atoms. The van der Waals surface area contributed by atoms with Gasteiger partial charge in [0.05, 0.1) is 11.9 Å². The first-order chi connectivity index (χ1) is 15.2. The summed E-state index contributed by atoms with van der Waals surface area (Å²) in [6.45, 7) is 0.716. The molecule has 0 aliphatic heterocycles. The zero-order valence-corrected chi connectivity index (χ0v) is 17.1. The molecule has 4 rings (SSSR count). The molecule has 1 aliphatic carbocycles. The first kappa shape index (κ1) is 21.3. The average Bonchev–Trinajstić information content (AvgIpc) is 3.16. The number of halogens is 3. The first-order valence-corrected chi connectivity index (χ1v) is 9.46. The van der Waals surface area contributed by atoms with E-state index in [0.717, 1.165) is 29.5 Å². The van der Waals surface area contributed by atoms with Crippen molar-refractivity contribution in [3.63, 3.8) is 0 Å². The number of aromatic amines is 1.